The average Bonchev–Trinajstić information content (AvgIpc) is 2.28. The van der Waals surface area contributed by atoms with Crippen LogP contribution in [0.1, 0.15) is 24.2 Å². The summed E-state index contributed by atoms with van der Waals surface area (Å²) >= 11 is 0. The summed E-state index contributed by atoms with van der Waals surface area (Å²) in [5, 5.41) is 9.39. The number of allylic oxidation sites excluding steroid dienone is 3. The second-order valence-corrected chi connectivity index (χ2v) is 3.69. The van der Waals surface area contributed by atoms with Gasteiger partial charge in [-0.2, -0.15) is 0 Å². The maximum absolute atomic E-state index is 12.0. The first-order chi connectivity index (χ1) is 7.95. The zero-order valence-corrected chi connectivity index (χ0v) is 9.86. The molecular formula is C14H14O3. The summed E-state index contributed by atoms with van der Waals surface area (Å²) in [6, 6.07) is 8.52. The predicted molar refractivity (Wildman–Crippen MR) is 65.9 cm³/mol. The zero-order valence-electron chi connectivity index (χ0n) is 9.86. The van der Waals surface area contributed by atoms with Gasteiger partial charge in [-0.05, 0) is 13.8 Å². The van der Waals surface area contributed by atoms with Crippen molar-refractivity contribution in [1.82, 2.24) is 0 Å². The van der Waals surface area contributed by atoms with Crippen LogP contribution in [0.5, 0.6) is 0 Å². The van der Waals surface area contributed by atoms with Crippen molar-refractivity contribution in [1.29, 1.82) is 0 Å². The monoisotopic (exact) mass is 230 g/mol. The first-order valence-electron chi connectivity index (χ1n) is 5.15. The van der Waals surface area contributed by atoms with E-state index in [4.69, 9.17) is 0 Å². The van der Waals surface area contributed by atoms with Crippen molar-refractivity contribution in [3.63, 3.8) is 0 Å². The predicted octanol–water partition coefficient (Wildman–Crippen LogP) is 2.85. The second kappa shape index (κ2) is 5.25. The summed E-state index contributed by atoms with van der Waals surface area (Å²) in [5.41, 5.74) is 0.444. The van der Waals surface area contributed by atoms with Gasteiger partial charge in [-0.1, -0.05) is 36.9 Å². The number of carbonyl (C=O) groups excluding carboxylic acids is 2. The van der Waals surface area contributed by atoms with E-state index in [0.29, 0.717) is 5.56 Å². The van der Waals surface area contributed by atoms with Gasteiger partial charge in [-0.3, -0.25) is 9.59 Å². The van der Waals surface area contributed by atoms with Gasteiger partial charge < -0.3 is 5.11 Å². The molecule has 0 unspecified atom stereocenters. The molecule has 3 heteroatoms. The minimum atomic E-state index is -0.376. The van der Waals surface area contributed by atoms with Crippen molar-refractivity contribution in [3.05, 3.63) is 59.4 Å². The summed E-state index contributed by atoms with van der Waals surface area (Å²) < 4.78 is 0. The SMILES string of the molecule is C=C(C(=O)c1ccccc1)/C(C(C)=O)=C(/C)O. The molecule has 88 valence electrons. The van der Waals surface area contributed by atoms with Crippen LogP contribution in [0.2, 0.25) is 0 Å². The Hall–Kier alpha value is -2.16. The van der Waals surface area contributed by atoms with Crippen LogP contribution < -0.4 is 0 Å². The lowest BCUT2D eigenvalue weighted by Crippen LogP contribution is -2.11. The van der Waals surface area contributed by atoms with Crippen LogP contribution in [0.4, 0.5) is 0 Å². The molecule has 0 saturated heterocycles. The van der Waals surface area contributed by atoms with Crippen LogP contribution in [0.15, 0.2) is 53.8 Å². The van der Waals surface area contributed by atoms with E-state index in [0.717, 1.165) is 0 Å². The van der Waals surface area contributed by atoms with Crippen LogP contribution in [0, 0.1) is 0 Å². The van der Waals surface area contributed by atoms with E-state index in [-0.39, 0.29) is 28.5 Å². The van der Waals surface area contributed by atoms with Crippen LogP contribution >= 0.6 is 0 Å². The summed E-state index contributed by atoms with van der Waals surface area (Å²) in [4.78, 5) is 23.3. The lowest BCUT2D eigenvalue weighted by molar-refractivity contribution is -0.113. The highest BCUT2D eigenvalue weighted by Gasteiger charge is 2.19. The third kappa shape index (κ3) is 2.91. The van der Waals surface area contributed by atoms with Crippen molar-refractivity contribution < 1.29 is 14.7 Å². The zero-order chi connectivity index (χ0) is 13.0. The van der Waals surface area contributed by atoms with Crippen LogP contribution in [-0.4, -0.2) is 16.7 Å². The molecule has 0 saturated carbocycles. The third-order valence-electron chi connectivity index (χ3n) is 2.33. The number of Topliss-reactive ketones (excluding diaryl/α,β-unsaturated/α-hetero) is 2. The number of aliphatic hydroxyl groups excluding tert-OH is 1. The van der Waals surface area contributed by atoms with Crippen molar-refractivity contribution in [3.8, 4) is 0 Å². The number of ketones is 2. The molecule has 1 aromatic rings. The largest absolute Gasteiger partial charge is 0.512 e. The number of aliphatic hydroxyl groups is 1. The number of hydrogen-bond acceptors (Lipinski definition) is 3. The molecule has 3 nitrogen and oxygen atoms in total. The van der Waals surface area contributed by atoms with Gasteiger partial charge in [-0.15, -0.1) is 0 Å². The first-order valence-corrected chi connectivity index (χ1v) is 5.15. The fourth-order valence-corrected chi connectivity index (χ4v) is 1.56. The van der Waals surface area contributed by atoms with Gasteiger partial charge in [0, 0.05) is 11.1 Å². The van der Waals surface area contributed by atoms with Gasteiger partial charge in [-0.25, -0.2) is 0 Å². The molecule has 1 aromatic carbocycles. The van der Waals surface area contributed by atoms with Gasteiger partial charge in [0.1, 0.15) is 5.76 Å². The van der Waals surface area contributed by atoms with Crippen LogP contribution in [0.25, 0.3) is 0 Å². The third-order valence-corrected chi connectivity index (χ3v) is 2.33. The summed E-state index contributed by atoms with van der Waals surface area (Å²) in [5.74, 6) is -0.921. The maximum Gasteiger partial charge on any atom is 0.193 e. The van der Waals surface area contributed by atoms with Gasteiger partial charge in [0.05, 0.1) is 5.57 Å². The summed E-state index contributed by atoms with van der Waals surface area (Å²) in [6.45, 7) is 6.24. The smallest absolute Gasteiger partial charge is 0.193 e. The van der Waals surface area contributed by atoms with Crippen molar-refractivity contribution in [2.75, 3.05) is 0 Å². The normalized spacial score (nSPS) is 11.6. The highest BCUT2D eigenvalue weighted by Crippen LogP contribution is 2.18. The van der Waals surface area contributed by atoms with E-state index in [2.05, 4.69) is 6.58 Å². The van der Waals surface area contributed by atoms with Crippen LogP contribution in [0.3, 0.4) is 0 Å². The Balaban J connectivity index is 3.11. The molecular weight excluding hydrogens is 216 g/mol. The molecule has 0 spiro atoms. The second-order valence-electron chi connectivity index (χ2n) is 3.69. The number of rotatable bonds is 4. The fraction of sp³-hybridized carbons (Fsp3) is 0.143. The van der Waals surface area contributed by atoms with Gasteiger partial charge in [0.25, 0.3) is 0 Å². The molecule has 0 aliphatic rings. The Bertz CT molecular complexity index is 491. The lowest BCUT2D eigenvalue weighted by Gasteiger charge is -2.08. The quantitative estimate of drug-likeness (QED) is 0.374. The molecule has 0 amide bonds. The molecule has 17 heavy (non-hydrogen) atoms. The molecule has 0 heterocycles. The lowest BCUT2D eigenvalue weighted by atomic mass is 9.95. The molecule has 0 atom stereocenters. The van der Waals surface area contributed by atoms with E-state index in [1.54, 1.807) is 30.3 Å². The topological polar surface area (TPSA) is 54.4 Å². The van der Waals surface area contributed by atoms with Crippen molar-refractivity contribution in [2.24, 2.45) is 0 Å². The Morgan fingerprint density at radius 2 is 1.65 bits per heavy atom. The fourth-order valence-electron chi connectivity index (χ4n) is 1.56. The van der Waals surface area contributed by atoms with Gasteiger partial charge in [0.2, 0.25) is 0 Å². The van der Waals surface area contributed by atoms with E-state index in [1.807, 2.05) is 0 Å². The van der Waals surface area contributed by atoms with Gasteiger partial charge >= 0.3 is 0 Å². The summed E-state index contributed by atoms with van der Waals surface area (Å²) in [7, 11) is 0. The van der Waals surface area contributed by atoms with E-state index in [9.17, 15) is 14.7 Å². The highest BCUT2D eigenvalue weighted by molar-refractivity contribution is 6.18. The molecule has 0 aliphatic heterocycles. The van der Waals surface area contributed by atoms with E-state index >= 15 is 0 Å². The number of benzene rings is 1. The molecule has 1 rings (SSSR count). The standard InChI is InChI=1S/C14H14O3/c1-9(13(10(2)15)11(3)16)14(17)12-7-5-4-6-8-12/h4-8,15H,1H2,2-3H3/b13-10+. The minimum absolute atomic E-state index is 0.0150. The molecule has 0 aromatic heterocycles. The first kappa shape index (κ1) is 12.9. The molecule has 1 N–H and O–H groups in total. The Labute approximate surface area is 100 Å². The molecule has 0 aliphatic carbocycles. The van der Waals surface area contributed by atoms with Crippen molar-refractivity contribution >= 4 is 11.6 Å². The summed E-state index contributed by atoms with van der Waals surface area (Å²) in [6.07, 6.45) is 0. The highest BCUT2D eigenvalue weighted by atomic mass is 16.3. The molecule has 0 radical (unpaired) electrons. The van der Waals surface area contributed by atoms with Crippen molar-refractivity contribution in [2.45, 2.75) is 13.8 Å². The van der Waals surface area contributed by atoms with Gasteiger partial charge in [0.15, 0.2) is 11.6 Å². The van der Waals surface area contributed by atoms with E-state index in [1.165, 1.54) is 13.8 Å². The van der Waals surface area contributed by atoms with E-state index < -0.39 is 0 Å². The Morgan fingerprint density at radius 3 is 2.06 bits per heavy atom. The van der Waals surface area contributed by atoms with Crippen LogP contribution in [-0.2, 0) is 4.79 Å². The maximum atomic E-state index is 12.0. The Morgan fingerprint density at radius 1 is 1.12 bits per heavy atom. The number of hydrogen-bond donors (Lipinski definition) is 1. The molecule has 0 fully saturated rings. The number of carbonyl (C=O) groups is 2. The minimum Gasteiger partial charge on any atom is -0.512 e. The Kier molecular flexibility index (Phi) is 3.99. The molecule has 0 bridgehead atoms. The average molecular weight is 230 g/mol.